The van der Waals surface area contributed by atoms with Gasteiger partial charge in [0.1, 0.15) is 0 Å². The zero-order chi connectivity index (χ0) is 13.9. The third kappa shape index (κ3) is 4.02. The molecule has 2 aliphatic rings. The second kappa shape index (κ2) is 6.35. The Morgan fingerprint density at radius 3 is 2.68 bits per heavy atom. The number of carbonyl (C=O) groups is 1. The summed E-state index contributed by atoms with van der Waals surface area (Å²) in [6.07, 6.45) is 9.27. The number of thioether (sulfide) groups is 1. The quantitative estimate of drug-likeness (QED) is 0.833. The van der Waals surface area contributed by atoms with Crippen molar-refractivity contribution in [2.75, 3.05) is 19.8 Å². The van der Waals surface area contributed by atoms with Crippen molar-refractivity contribution in [1.29, 1.82) is 0 Å². The van der Waals surface area contributed by atoms with Gasteiger partial charge in [0.05, 0.1) is 12.1 Å². The van der Waals surface area contributed by atoms with Crippen LogP contribution in [0, 0.1) is 0 Å². The minimum absolute atomic E-state index is 0.0351. The van der Waals surface area contributed by atoms with E-state index in [1.54, 1.807) is 11.9 Å². The molecule has 4 nitrogen and oxygen atoms in total. The summed E-state index contributed by atoms with van der Waals surface area (Å²) >= 11 is 1.89. The van der Waals surface area contributed by atoms with E-state index in [2.05, 4.69) is 11.6 Å². The number of likely N-dealkylation sites (N-methyl/N-ethyl adjacent to an activating group) is 1. The summed E-state index contributed by atoms with van der Waals surface area (Å²) < 4.78 is 0. The minimum Gasteiger partial charge on any atom is -0.388 e. The third-order valence-electron chi connectivity index (χ3n) is 4.46. The van der Waals surface area contributed by atoms with Crippen molar-refractivity contribution < 1.29 is 9.90 Å². The van der Waals surface area contributed by atoms with E-state index >= 15 is 0 Å². The number of carbonyl (C=O) groups excluding carboxylic acids is 1. The molecular formula is C14H26N2O2S. The summed E-state index contributed by atoms with van der Waals surface area (Å²) in [6.45, 7) is 0.456. The molecule has 110 valence electrons. The van der Waals surface area contributed by atoms with Crippen molar-refractivity contribution in [3.63, 3.8) is 0 Å². The predicted octanol–water partition coefficient (Wildman–Crippen LogP) is 2.22. The van der Waals surface area contributed by atoms with Crippen LogP contribution in [-0.2, 0) is 0 Å². The van der Waals surface area contributed by atoms with Gasteiger partial charge in [-0.05, 0) is 38.4 Å². The fraction of sp³-hybridized carbons (Fsp3) is 0.929. The van der Waals surface area contributed by atoms with Gasteiger partial charge in [0.2, 0.25) is 0 Å². The smallest absolute Gasteiger partial charge is 0.317 e. The third-order valence-corrected chi connectivity index (χ3v) is 5.55. The van der Waals surface area contributed by atoms with Crippen LogP contribution in [0.15, 0.2) is 0 Å². The van der Waals surface area contributed by atoms with Crippen molar-refractivity contribution in [2.24, 2.45) is 0 Å². The molecule has 2 rings (SSSR count). The molecule has 19 heavy (non-hydrogen) atoms. The molecule has 2 amide bonds. The fourth-order valence-corrected chi connectivity index (χ4v) is 4.07. The molecule has 0 radical (unpaired) electrons. The predicted molar refractivity (Wildman–Crippen MR) is 79.5 cm³/mol. The van der Waals surface area contributed by atoms with Gasteiger partial charge in [-0.15, -0.1) is 0 Å². The summed E-state index contributed by atoms with van der Waals surface area (Å²) in [6, 6.07) is 0.276. The molecule has 0 bridgehead atoms. The summed E-state index contributed by atoms with van der Waals surface area (Å²) in [5.41, 5.74) is -0.649. The molecule has 0 aliphatic heterocycles. The number of hydrogen-bond donors (Lipinski definition) is 2. The molecule has 2 unspecified atom stereocenters. The monoisotopic (exact) mass is 286 g/mol. The molecule has 5 heteroatoms. The van der Waals surface area contributed by atoms with Crippen molar-refractivity contribution in [1.82, 2.24) is 10.2 Å². The number of hydrogen-bond acceptors (Lipinski definition) is 3. The van der Waals surface area contributed by atoms with Crippen LogP contribution in [-0.4, -0.2) is 52.8 Å². The molecule has 0 aromatic heterocycles. The topological polar surface area (TPSA) is 52.6 Å². The van der Waals surface area contributed by atoms with E-state index in [0.717, 1.165) is 38.5 Å². The molecule has 0 saturated heterocycles. The van der Waals surface area contributed by atoms with Crippen LogP contribution < -0.4 is 5.32 Å². The lowest BCUT2D eigenvalue weighted by atomic mass is 10.0. The lowest BCUT2D eigenvalue weighted by Crippen LogP contribution is -2.48. The van der Waals surface area contributed by atoms with E-state index in [9.17, 15) is 9.90 Å². The number of nitrogens with zero attached hydrogens (tertiary/aromatic N) is 1. The first-order chi connectivity index (χ1) is 9.02. The first-order valence-corrected chi connectivity index (χ1v) is 8.58. The zero-order valence-corrected chi connectivity index (χ0v) is 12.8. The van der Waals surface area contributed by atoms with Gasteiger partial charge in [-0.1, -0.05) is 12.8 Å². The summed E-state index contributed by atoms with van der Waals surface area (Å²) in [7, 11) is 1.78. The number of aliphatic hydroxyl groups is 1. The second-order valence-corrected chi connectivity index (χ2v) is 7.24. The molecule has 0 aromatic rings. The number of urea groups is 1. The molecule has 2 fully saturated rings. The van der Waals surface area contributed by atoms with E-state index in [-0.39, 0.29) is 6.03 Å². The molecule has 2 atom stereocenters. The highest BCUT2D eigenvalue weighted by atomic mass is 32.2. The maximum Gasteiger partial charge on any atom is 0.317 e. The van der Waals surface area contributed by atoms with Gasteiger partial charge in [0.15, 0.2) is 0 Å². The highest BCUT2D eigenvalue weighted by Gasteiger charge is 2.34. The average Bonchev–Trinajstić information content (AvgIpc) is 2.98. The van der Waals surface area contributed by atoms with Crippen molar-refractivity contribution in [3.8, 4) is 0 Å². The Morgan fingerprint density at radius 2 is 2.11 bits per heavy atom. The summed E-state index contributed by atoms with van der Waals surface area (Å²) in [4.78, 5) is 13.8. The van der Waals surface area contributed by atoms with Gasteiger partial charge in [0, 0.05) is 18.3 Å². The van der Waals surface area contributed by atoms with Crippen LogP contribution in [0.1, 0.15) is 44.9 Å². The first kappa shape index (κ1) is 15.0. The molecule has 2 N–H and O–H groups in total. The second-order valence-electron chi connectivity index (χ2n) is 6.10. The summed E-state index contributed by atoms with van der Waals surface area (Å²) in [5.74, 6) is 0. The number of nitrogens with one attached hydrogen (secondary N) is 1. The Hall–Kier alpha value is -0.420. The average molecular weight is 286 g/mol. The molecule has 0 heterocycles. The lowest BCUT2D eigenvalue weighted by Gasteiger charge is -2.29. The molecule has 0 aromatic carbocycles. The van der Waals surface area contributed by atoms with Gasteiger partial charge in [0.25, 0.3) is 0 Å². The van der Waals surface area contributed by atoms with Gasteiger partial charge < -0.3 is 15.3 Å². The fourth-order valence-electron chi connectivity index (χ4n) is 3.27. The zero-order valence-electron chi connectivity index (χ0n) is 12.0. The Morgan fingerprint density at radius 1 is 1.42 bits per heavy atom. The normalized spacial score (nSPS) is 29.4. The van der Waals surface area contributed by atoms with E-state index in [0.29, 0.717) is 17.8 Å². The van der Waals surface area contributed by atoms with E-state index in [4.69, 9.17) is 0 Å². The van der Waals surface area contributed by atoms with Crippen LogP contribution in [0.3, 0.4) is 0 Å². The van der Waals surface area contributed by atoms with Crippen LogP contribution in [0.4, 0.5) is 4.79 Å². The van der Waals surface area contributed by atoms with Crippen LogP contribution >= 0.6 is 11.8 Å². The Kier molecular flexibility index (Phi) is 5.01. The van der Waals surface area contributed by atoms with Gasteiger partial charge in [-0.3, -0.25) is 0 Å². The summed E-state index contributed by atoms with van der Waals surface area (Å²) in [5, 5.41) is 14.1. The molecular weight excluding hydrogens is 260 g/mol. The van der Waals surface area contributed by atoms with Crippen LogP contribution in [0.2, 0.25) is 0 Å². The minimum atomic E-state index is -0.649. The molecule has 2 saturated carbocycles. The van der Waals surface area contributed by atoms with E-state index < -0.39 is 5.60 Å². The highest BCUT2D eigenvalue weighted by molar-refractivity contribution is 7.99. The molecule has 2 aliphatic carbocycles. The van der Waals surface area contributed by atoms with E-state index in [1.165, 1.54) is 6.42 Å². The highest BCUT2D eigenvalue weighted by Crippen LogP contribution is 2.30. The lowest BCUT2D eigenvalue weighted by molar-refractivity contribution is 0.0244. The largest absolute Gasteiger partial charge is 0.388 e. The SMILES string of the molecule is CSC1CCC(NC(=O)N(C)CC2(O)CCCC2)C1. The van der Waals surface area contributed by atoms with Crippen LogP contribution in [0.25, 0.3) is 0 Å². The number of amides is 2. The van der Waals surface area contributed by atoms with Gasteiger partial charge in [-0.2, -0.15) is 11.8 Å². The number of rotatable bonds is 4. The van der Waals surface area contributed by atoms with Crippen LogP contribution in [0.5, 0.6) is 0 Å². The Labute approximate surface area is 120 Å². The van der Waals surface area contributed by atoms with E-state index in [1.807, 2.05) is 11.8 Å². The molecule has 0 spiro atoms. The van der Waals surface area contributed by atoms with Gasteiger partial charge in [-0.25, -0.2) is 4.79 Å². The Balaban J connectivity index is 1.76. The Bertz CT molecular complexity index is 319. The standard InChI is InChI=1S/C14H26N2O2S/c1-16(10-14(18)7-3-4-8-14)13(17)15-11-5-6-12(9-11)19-2/h11-12,18H,3-10H2,1-2H3,(H,15,17). The van der Waals surface area contributed by atoms with Crippen molar-refractivity contribution in [3.05, 3.63) is 0 Å². The maximum absolute atomic E-state index is 12.1. The van der Waals surface area contributed by atoms with Crippen molar-refractivity contribution in [2.45, 2.75) is 61.8 Å². The maximum atomic E-state index is 12.1. The van der Waals surface area contributed by atoms with Gasteiger partial charge >= 0.3 is 6.03 Å². The first-order valence-electron chi connectivity index (χ1n) is 7.29. The van der Waals surface area contributed by atoms with Crippen molar-refractivity contribution >= 4 is 17.8 Å².